The van der Waals surface area contributed by atoms with Gasteiger partial charge in [-0.15, -0.1) is 17.5 Å². The summed E-state index contributed by atoms with van der Waals surface area (Å²) in [6.45, 7) is 5.09. The van der Waals surface area contributed by atoms with Crippen molar-refractivity contribution in [1.82, 2.24) is 30.2 Å². The van der Waals surface area contributed by atoms with Gasteiger partial charge in [0, 0.05) is 30.4 Å². The van der Waals surface area contributed by atoms with Crippen LogP contribution < -0.4 is 10.6 Å². The van der Waals surface area contributed by atoms with Gasteiger partial charge < -0.3 is 10.6 Å². The van der Waals surface area contributed by atoms with E-state index in [1.165, 1.54) is 0 Å². The maximum absolute atomic E-state index is 12.8. The molecule has 3 heterocycles. The minimum Gasteiger partial charge on any atom is -0.352 e. The lowest BCUT2D eigenvalue weighted by Crippen LogP contribution is -2.45. The molecule has 0 aromatic carbocycles. The summed E-state index contributed by atoms with van der Waals surface area (Å²) in [5.41, 5.74) is 1.79. The molecule has 11 heteroatoms. The number of amides is 1. The van der Waals surface area contributed by atoms with Crippen LogP contribution in [0.25, 0.3) is 5.78 Å². The molecule has 2 aromatic rings. The van der Waals surface area contributed by atoms with Gasteiger partial charge in [-0.3, -0.25) is 4.79 Å². The summed E-state index contributed by atoms with van der Waals surface area (Å²) in [6, 6.07) is 0.128. The van der Waals surface area contributed by atoms with E-state index in [0.717, 1.165) is 30.4 Å². The molecule has 0 bridgehead atoms. The van der Waals surface area contributed by atoms with Gasteiger partial charge in [-0.1, -0.05) is 0 Å². The second-order valence-electron chi connectivity index (χ2n) is 6.52. The predicted molar refractivity (Wildman–Crippen MR) is 94.9 cm³/mol. The van der Waals surface area contributed by atoms with Crippen LogP contribution in [0.2, 0.25) is 0 Å². The highest BCUT2D eigenvalue weighted by Gasteiger charge is 2.37. The van der Waals surface area contributed by atoms with E-state index in [1.807, 2.05) is 0 Å². The first-order chi connectivity index (χ1) is 12.3. The van der Waals surface area contributed by atoms with E-state index < -0.39 is 12.0 Å². The number of aryl methyl sites for hydroxylation is 2. The number of nitrogens with one attached hydrogen (secondary N) is 2. The first-order valence-electron chi connectivity index (χ1n) is 8.56. The van der Waals surface area contributed by atoms with E-state index in [0.29, 0.717) is 23.4 Å². The zero-order valence-electron chi connectivity index (χ0n) is 15.1. The predicted octanol–water partition coefficient (Wildman–Crippen LogP) is 1.98. The number of piperidine rings is 1. The smallest absolute Gasteiger partial charge is 0.352 e. The minimum atomic E-state index is -4.62. The lowest BCUT2D eigenvalue weighted by Gasteiger charge is -2.23. The van der Waals surface area contributed by atoms with E-state index in [9.17, 15) is 18.0 Å². The monoisotopic (exact) mass is 406 g/mol. The Hall–Kier alpha value is -1.94. The summed E-state index contributed by atoms with van der Waals surface area (Å²) in [7, 11) is 0. The molecular formula is C16H22ClF3N6O. The van der Waals surface area contributed by atoms with E-state index in [4.69, 9.17) is 0 Å². The van der Waals surface area contributed by atoms with Crippen molar-refractivity contribution in [2.24, 2.45) is 0 Å². The molecule has 1 fully saturated rings. The molecule has 1 atom stereocenters. The number of hydrogen-bond donors (Lipinski definition) is 2. The highest BCUT2D eigenvalue weighted by atomic mass is 35.5. The van der Waals surface area contributed by atoms with Crippen molar-refractivity contribution in [3.8, 4) is 0 Å². The van der Waals surface area contributed by atoms with Gasteiger partial charge in [0.2, 0.25) is 5.91 Å². The van der Waals surface area contributed by atoms with Crippen LogP contribution in [-0.4, -0.2) is 44.6 Å². The third kappa shape index (κ3) is 4.86. The summed E-state index contributed by atoms with van der Waals surface area (Å²) < 4.78 is 39.5. The maximum atomic E-state index is 12.8. The van der Waals surface area contributed by atoms with E-state index in [1.54, 1.807) is 13.8 Å². The molecule has 7 nitrogen and oxygen atoms in total. The Morgan fingerprint density at radius 1 is 1.33 bits per heavy atom. The van der Waals surface area contributed by atoms with Crippen molar-refractivity contribution < 1.29 is 18.0 Å². The van der Waals surface area contributed by atoms with E-state index >= 15 is 0 Å². The lowest BCUT2D eigenvalue weighted by atomic mass is 10.0. The van der Waals surface area contributed by atoms with Crippen LogP contribution in [0, 0.1) is 13.8 Å². The number of rotatable bonds is 4. The van der Waals surface area contributed by atoms with Gasteiger partial charge in [-0.25, -0.2) is 9.50 Å². The summed E-state index contributed by atoms with van der Waals surface area (Å²) in [5, 5.41) is 9.73. The summed E-state index contributed by atoms with van der Waals surface area (Å²) >= 11 is 0. The largest absolute Gasteiger partial charge is 0.453 e. The number of fused-ring (bicyclic) bond motifs is 1. The summed E-state index contributed by atoms with van der Waals surface area (Å²) in [6.07, 6.45) is -2.02. The molecule has 3 rings (SSSR count). The molecular weight excluding hydrogens is 385 g/mol. The molecule has 0 aliphatic carbocycles. The van der Waals surface area contributed by atoms with Gasteiger partial charge in [0.1, 0.15) is 0 Å². The van der Waals surface area contributed by atoms with Gasteiger partial charge >= 0.3 is 6.18 Å². The first kappa shape index (κ1) is 21.4. The van der Waals surface area contributed by atoms with Crippen molar-refractivity contribution in [3.63, 3.8) is 0 Å². The molecule has 150 valence electrons. The molecule has 1 aliphatic heterocycles. The molecule has 2 aromatic heterocycles. The van der Waals surface area contributed by atoms with Crippen LogP contribution in [-0.2, 0) is 17.4 Å². The fourth-order valence-corrected chi connectivity index (χ4v) is 3.20. The normalized spacial score (nSPS) is 17.6. The molecule has 0 radical (unpaired) electrons. The Kier molecular flexibility index (Phi) is 6.63. The highest BCUT2D eigenvalue weighted by Crippen LogP contribution is 2.27. The quantitative estimate of drug-likeness (QED) is 0.811. The van der Waals surface area contributed by atoms with Crippen molar-refractivity contribution in [2.45, 2.75) is 51.7 Å². The van der Waals surface area contributed by atoms with Crippen LogP contribution in [0.4, 0.5) is 13.2 Å². The molecule has 1 aliphatic rings. The number of carbonyl (C=O) groups is 1. The van der Waals surface area contributed by atoms with Crippen molar-refractivity contribution in [1.29, 1.82) is 0 Å². The third-order valence-corrected chi connectivity index (χ3v) is 4.57. The van der Waals surface area contributed by atoms with Gasteiger partial charge in [0.05, 0.1) is 0 Å². The third-order valence-electron chi connectivity index (χ3n) is 4.57. The Morgan fingerprint density at radius 2 is 2.07 bits per heavy atom. The molecule has 0 spiro atoms. The summed E-state index contributed by atoms with van der Waals surface area (Å²) in [5.74, 6) is -1.38. The number of hydrogen-bond acceptors (Lipinski definition) is 5. The fourth-order valence-electron chi connectivity index (χ4n) is 3.20. The van der Waals surface area contributed by atoms with Gasteiger partial charge in [0.15, 0.2) is 0 Å². The van der Waals surface area contributed by atoms with Gasteiger partial charge in [0.25, 0.3) is 11.6 Å². The van der Waals surface area contributed by atoms with E-state index in [-0.39, 0.29) is 36.6 Å². The molecule has 1 amide bonds. The molecule has 2 N–H and O–H groups in total. The fraction of sp³-hybridized carbons (Fsp3) is 0.625. The minimum absolute atomic E-state index is 0. The van der Waals surface area contributed by atoms with Crippen LogP contribution in [0.1, 0.15) is 42.0 Å². The van der Waals surface area contributed by atoms with Crippen LogP contribution >= 0.6 is 12.4 Å². The number of halogens is 4. The molecule has 1 saturated heterocycles. The topological polar surface area (TPSA) is 84.2 Å². The number of aromatic nitrogens is 4. The average molecular weight is 407 g/mol. The van der Waals surface area contributed by atoms with Crippen molar-refractivity contribution >= 4 is 24.1 Å². The first-order valence-corrected chi connectivity index (χ1v) is 8.56. The highest BCUT2D eigenvalue weighted by molar-refractivity contribution is 5.85. The van der Waals surface area contributed by atoms with Crippen LogP contribution in [0.5, 0.6) is 0 Å². The number of alkyl halides is 3. The molecule has 0 saturated carbocycles. The maximum Gasteiger partial charge on any atom is 0.453 e. The molecule has 0 unspecified atom stereocenters. The Labute approximate surface area is 160 Å². The average Bonchev–Trinajstić information content (AvgIpc) is 3.00. The van der Waals surface area contributed by atoms with Gasteiger partial charge in [-0.05, 0) is 45.2 Å². The second-order valence-corrected chi connectivity index (χ2v) is 6.52. The number of carbonyl (C=O) groups excluding carboxylic acids is 1. The Morgan fingerprint density at radius 3 is 2.70 bits per heavy atom. The Balaban J connectivity index is 0.00000261. The summed E-state index contributed by atoms with van der Waals surface area (Å²) in [4.78, 5) is 19.7. The molecule has 27 heavy (non-hydrogen) atoms. The number of nitrogens with zero attached hydrogens (tertiary/aromatic N) is 4. The van der Waals surface area contributed by atoms with E-state index in [2.05, 4.69) is 25.7 Å². The van der Waals surface area contributed by atoms with Crippen molar-refractivity contribution in [3.05, 3.63) is 22.8 Å². The lowest BCUT2D eigenvalue weighted by molar-refractivity contribution is -0.144. The zero-order valence-corrected chi connectivity index (χ0v) is 15.9. The Bertz CT molecular complexity index is 817. The second kappa shape index (κ2) is 8.39. The zero-order chi connectivity index (χ0) is 18.9. The van der Waals surface area contributed by atoms with Crippen LogP contribution in [0.3, 0.4) is 0 Å². The van der Waals surface area contributed by atoms with Crippen LogP contribution in [0.15, 0.2) is 0 Å². The standard InChI is InChI=1S/C16H21F3N6O.ClH/c1-9-12(5-6-13(26)22-11-4-3-7-20-8-11)10(2)25-15(21-9)23-14(24-25)16(17,18)19;/h11,20H,3-8H2,1-2H3,(H,22,26);1H/t11-;/m0./s1. The van der Waals surface area contributed by atoms with Gasteiger partial charge in [-0.2, -0.15) is 18.2 Å². The van der Waals surface area contributed by atoms with Crippen molar-refractivity contribution in [2.75, 3.05) is 13.1 Å². The SMILES string of the molecule is Cc1nc2nc(C(F)(F)F)nn2c(C)c1CCC(=O)N[C@H]1CCCNC1.Cl.